The number of halogens is 2. The van der Waals surface area contributed by atoms with Gasteiger partial charge in [0.1, 0.15) is 17.1 Å². The van der Waals surface area contributed by atoms with Crippen LogP contribution in [0.1, 0.15) is 23.1 Å². The molecule has 3 aromatic rings. The van der Waals surface area contributed by atoms with Crippen molar-refractivity contribution in [3.05, 3.63) is 76.2 Å². The predicted molar refractivity (Wildman–Crippen MR) is 102 cm³/mol. The zero-order chi connectivity index (χ0) is 19.5. The molecule has 28 heavy (non-hydrogen) atoms. The number of fused-ring (bicyclic) bond motifs is 4. The van der Waals surface area contributed by atoms with Gasteiger partial charge in [0.2, 0.25) is 11.8 Å². The summed E-state index contributed by atoms with van der Waals surface area (Å²) in [4.78, 5) is 25.5. The third-order valence-corrected chi connectivity index (χ3v) is 5.71. The van der Waals surface area contributed by atoms with Crippen molar-refractivity contribution in [3.63, 3.8) is 0 Å². The van der Waals surface area contributed by atoms with Crippen molar-refractivity contribution in [2.75, 3.05) is 10.6 Å². The Hall–Kier alpha value is -3.19. The summed E-state index contributed by atoms with van der Waals surface area (Å²) in [6.45, 7) is 0.337. The van der Waals surface area contributed by atoms with Crippen LogP contribution in [0.2, 0.25) is 5.02 Å². The highest BCUT2D eigenvalue weighted by atomic mass is 35.5. The molecule has 0 radical (unpaired) electrons. The minimum atomic E-state index is -1.22. The third-order valence-electron chi connectivity index (χ3n) is 5.34. The van der Waals surface area contributed by atoms with E-state index in [2.05, 4.69) is 15.7 Å². The van der Waals surface area contributed by atoms with Gasteiger partial charge in [0, 0.05) is 22.7 Å². The molecule has 1 spiro atoms. The van der Waals surface area contributed by atoms with Crippen LogP contribution in [-0.2, 0) is 21.5 Å². The quantitative estimate of drug-likeness (QED) is 0.697. The van der Waals surface area contributed by atoms with E-state index in [1.807, 2.05) is 18.2 Å². The first-order valence-corrected chi connectivity index (χ1v) is 9.08. The summed E-state index contributed by atoms with van der Waals surface area (Å²) in [6, 6.07) is 11.5. The highest BCUT2D eigenvalue weighted by molar-refractivity contribution is 6.31. The second kappa shape index (κ2) is 5.90. The standard InChI is InChI=1S/C20H14ClFN4O2/c21-15-4-2-1-3-11(15)10-26-18-14(9-23-26)20(8-17(27)25-18)13-6-5-12(22)7-16(13)24-19(20)28/h1-7,9H,8,10H2,(H,24,28)(H,25,27)/t20-/m0/s1. The lowest BCUT2D eigenvalue weighted by Crippen LogP contribution is -2.43. The lowest BCUT2D eigenvalue weighted by Gasteiger charge is -2.31. The van der Waals surface area contributed by atoms with Crippen molar-refractivity contribution in [2.45, 2.75) is 18.4 Å². The lowest BCUT2D eigenvalue weighted by atomic mass is 9.72. The molecule has 0 saturated heterocycles. The number of carbonyl (C=O) groups excluding carboxylic acids is 2. The Bertz CT molecular complexity index is 1160. The molecule has 2 amide bonds. The minimum absolute atomic E-state index is 0.0672. The summed E-state index contributed by atoms with van der Waals surface area (Å²) in [7, 11) is 0. The van der Waals surface area contributed by atoms with Crippen molar-refractivity contribution in [1.29, 1.82) is 0 Å². The number of benzene rings is 2. The fourth-order valence-corrected chi connectivity index (χ4v) is 4.23. The molecule has 5 rings (SSSR count). The summed E-state index contributed by atoms with van der Waals surface area (Å²) >= 11 is 6.25. The van der Waals surface area contributed by atoms with E-state index in [0.717, 1.165) is 5.56 Å². The Morgan fingerprint density at radius 1 is 1.14 bits per heavy atom. The summed E-state index contributed by atoms with van der Waals surface area (Å²) in [5, 5.41) is 10.5. The van der Waals surface area contributed by atoms with Gasteiger partial charge in [-0.1, -0.05) is 35.9 Å². The highest BCUT2D eigenvalue weighted by Gasteiger charge is 2.54. The molecule has 1 atom stereocenters. The minimum Gasteiger partial charge on any atom is -0.325 e. The first-order chi connectivity index (χ1) is 13.5. The molecule has 0 fully saturated rings. The van der Waals surface area contributed by atoms with Gasteiger partial charge >= 0.3 is 0 Å². The van der Waals surface area contributed by atoms with Gasteiger partial charge in [0.15, 0.2) is 0 Å². The maximum absolute atomic E-state index is 13.6. The van der Waals surface area contributed by atoms with Crippen LogP contribution in [0.4, 0.5) is 15.9 Å². The van der Waals surface area contributed by atoms with Crippen molar-refractivity contribution in [3.8, 4) is 0 Å². The Balaban J connectivity index is 1.66. The second-order valence-corrected chi connectivity index (χ2v) is 7.34. The van der Waals surface area contributed by atoms with Gasteiger partial charge in [-0.2, -0.15) is 5.10 Å². The summed E-state index contributed by atoms with van der Waals surface area (Å²) in [6.07, 6.45) is 1.52. The van der Waals surface area contributed by atoms with Crippen LogP contribution in [0.5, 0.6) is 0 Å². The second-order valence-electron chi connectivity index (χ2n) is 6.93. The number of nitrogens with zero attached hydrogens (tertiary/aromatic N) is 2. The number of nitrogens with one attached hydrogen (secondary N) is 2. The number of carbonyl (C=O) groups is 2. The van der Waals surface area contributed by atoms with E-state index < -0.39 is 11.2 Å². The number of amides is 2. The Labute approximate surface area is 164 Å². The molecule has 2 aromatic carbocycles. The third kappa shape index (κ3) is 2.29. The molecule has 1 aromatic heterocycles. The van der Waals surface area contributed by atoms with Gasteiger partial charge in [-0.05, 0) is 29.3 Å². The van der Waals surface area contributed by atoms with Crippen LogP contribution in [0, 0.1) is 5.82 Å². The predicted octanol–water partition coefficient (Wildman–Crippen LogP) is 3.30. The van der Waals surface area contributed by atoms with E-state index in [1.165, 1.54) is 12.1 Å². The van der Waals surface area contributed by atoms with Crippen LogP contribution in [-0.4, -0.2) is 21.6 Å². The van der Waals surface area contributed by atoms with Gasteiger partial charge in [-0.3, -0.25) is 9.59 Å². The van der Waals surface area contributed by atoms with E-state index >= 15 is 0 Å². The number of hydrogen-bond donors (Lipinski definition) is 2. The van der Waals surface area contributed by atoms with Crippen LogP contribution in [0.3, 0.4) is 0 Å². The molecular weight excluding hydrogens is 383 g/mol. The zero-order valence-corrected chi connectivity index (χ0v) is 15.3. The van der Waals surface area contributed by atoms with Crippen molar-refractivity contribution >= 4 is 34.9 Å². The number of rotatable bonds is 2. The van der Waals surface area contributed by atoms with E-state index in [9.17, 15) is 14.0 Å². The van der Waals surface area contributed by atoms with Crippen LogP contribution in [0.25, 0.3) is 0 Å². The average molecular weight is 397 g/mol. The molecule has 2 aliphatic heterocycles. The SMILES string of the molecule is O=C1C[C@@]2(C(=O)Nc3cc(F)ccc32)c2cnn(Cc3ccccc3Cl)c2N1. The molecular formula is C20H14ClFN4O2. The Kier molecular flexibility index (Phi) is 3.57. The van der Waals surface area contributed by atoms with Crippen molar-refractivity contribution in [2.24, 2.45) is 0 Å². The molecule has 0 aliphatic carbocycles. The molecule has 3 heterocycles. The van der Waals surface area contributed by atoms with E-state index in [1.54, 1.807) is 23.0 Å². The Morgan fingerprint density at radius 3 is 2.79 bits per heavy atom. The lowest BCUT2D eigenvalue weighted by molar-refractivity contribution is -0.125. The molecule has 0 saturated carbocycles. The summed E-state index contributed by atoms with van der Waals surface area (Å²) < 4.78 is 15.3. The van der Waals surface area contributed by atoms with Crippen molar-refractivity contribution < 1.29 is 14.0 Å². The molecule has 140 valence electrons. The molecule has 0 unspecified atom stereocenters. The maximum atomic E-state index is 13.6. The fourth-order valence-electron chi connectivity index (χ4n) is 4.04. The largest absolute Gasteiger partial charge is 0.325 e. The van der Waals surface area contributed by atoms with E-state index in [0.29, 0.717) is 34.2 Å². The smallest absolute Gasteiger partial charge is 0.240 e. The monoisotopic (exact) mass is 396 g/mol. The topological polar surface area (TPSA) is 76.0 Å². The van der Waals surface area contributed by atoms with Crippen molar-refractivity contribution in [1.82, 2.24) is 9.78 Å². The molecule has 2 aliphatic rings. The molecule has 2 N–H and O–H groups in total. The number of hydrogen-bond acceptors (Lipinski definition) is 3. The van der Waals surface area contributed by atoms with Gasteiger partial charge in [0.25, 0.3) is 0 Å². The fraction of sp³-hybridized carbons (Fsp3) is 0.150. The Morgan fingerprint density at radius 2 is 1.96 bits per heavy atom. The van der Waals surface area contributed by atoms with Crippen LogP contribution >= 0.6 is 11.6 Å². The number of anilines is 2. The van der Waals surface area contributed by atoms with Gasteiger partial charge in [0.05, 0.1) is 12.7 Å². The summed E-state index contributed by atoms with van der Waals surface area (Å²) in [5.41, 5.74) is 1.15. The van der Waals surface area contributed by atoms with Gasteiger partial charge in [-0.25, -0.2) is 9.07 Å². The molecule has 6 nitrogen and oxygen atoms in total. The number of aromatic nitrogens is 2. The van der Waals surface area contributed by atoms with E-state index in [-0.39, 0.29) is 18.2 Å². The maximum Gasteiger partial charge on any atom is 0.240 e. The average Bonchev–Trinajstić information content (AvgIpc) is 3.17. The first-order valence-electron chi connectivity index (χ1n) is 8.70. The zero-order valence-electron chi connectivity index (χ0n) is 14.5. The van der Waals surface area contributed by atoms with Gasteiger partial charge in [-0.15, -0.1) is 0 Å². The van der Waals surface area contributed by atoms with Gasteiger partial charge < -0.3 is 10.6 Å². The molecule has 0 bridgehead atoms. The van der Waals surface area contributed by atoms with E-state index in [4.69, 9.17) is 11.6 Å². The van der Waals surface area contributed by atoms with Crippen LogP contribution < -0.4 is 10.6 Å². The first kappa shape index (κ1) is 16.9. The van der Waals surface area contributed by atoms with Crippen LogP contribution in [0.15, 0.2) is 48.7 Å². The highest BCUT2D eigenvalue weighted by Crippen LogP contribution is 2.49. The molecule has 8 heteroatoms. The summed E-state index contributed by atoms with van der Waals surface area (Å²) in [5.74, 6) is -0.670. The normalized spacial score (nSPS) is 19.9.